The van der Waals surface area contributed by atoms with Crippen LogP contribution in [0.3, 0.4) is 0 Å². The lowest BCUT2D eigenvalue weighted by molar-refractivity contribution is -0.119. The highest BCUT2D eigenvalue weighted by atomic mass is 35.5. The van der Waals surface area contributed by atoms with Crippen LogP contribution < -0.4 is 5.32 Å². The fourth-order valence-electron chi connectivity index (χ4n) is 4.26. The standard InChI is InChI=1S/C26H36ClN3O5/c1-4-18(16-30-10-12-34-13-11-30)7-6-17(3)19-8-9-24(35-29-25(19)26(33)28-5-2)20-14-21(27)23(32)15-22(20)31/h4,6-8,14,17,21,23-24,32H,5,9-13,15-16H2,1-3H3,(H,28,33). The molecule has 192 valence electrons. The SMILES string of the molecule is CC=C(C=CC(C)C1=CCC(C2=CC(Cl)C(O)CC2=O)ON=C1C(=O)NCC)CN1CCOCC1. The third-order valence-electron chi connectivity index (χ3n) is 6.39. The molecule has 1 amide bonds. The highest BCUT2D eigenvalue weighted by Crippen LogP contribution is 2.28. The van der Waals surface area contributed by atoms with Crippen molar-refractivity contribution in [3.8, 4) is 0 Å². The average Bonchev–Trinajstić information content (AvgIpc) is 3.08. The Hall–Kier alpha value is -2.26. The highest BCUT2D eigenvalue weighted by Gasteiger charge is 2.34. The lowest BCUT2D eigenvalue weighted by Crippen LogP contribution is -2.37. The third kappa shape index (κ3) is 7.36. The van der Waals surface area contributed by atoms with Crippen LogP contribution in [0, 0.1) is 5.92 Å². The second-order valence-corrected chi connectivity index (χ2v) is 9.45. The number of morpholine rings is 1. The number of amides is 1. The zero-order valence-electron chi connectivity index (χ0n) is 20.7. The molecule has 4 atom stereocenters. The third-order valence-corrected chi connectivity index (χ3v) is 6.81. The van der Waals surface area contributed by atoms with E-state index in [1.54, 1.807) is 0 Å². The highest BCUT2D eigenvalue weighted by molar-refractivity contribution is 6.45. The second-order valence-electron chi connectivity index (χ2n) is 8.95. The number of nitrogens with zero attached hydrogens (tertiary/aromatic N) is 2. The van der Waals surface area contributed by atoms with E-state index in [1.807, 2.05) is 26.8 Å². The first-order chi connectivity index (χ1) is 16.8. The van der Waals surface area contributed by atoms with Crippen molar-refractivity contribution in [3.05, 3.63) is 47.1 Å². The second kappa shape index (κ2) is 13.2. The van der Waals surface area contributed by atoms with Gasteiger partial charge in [0.25, 0.3) is 5.91 Å². The van der Waals surface area contributed by atoms with Crippen LogP contribution in [0.15, 0.2) is 52.3 Å². The molecule has 35 heavy (non-hydrogen) atoms. The fourth-order valence-corrected chi connectivity index (χ4v) is 4.48. The van der Waals surface area contributed by atoms with Gasteiger partial charge < -0.3 is 20.0 Å². The van der Waals surface area contributed by atoms with Crippen LogP contribution in [0.2, 0.25) is 0 Å². The number of halogens is 1. The summed E-state index contributed by atoms with van der Waals surface area (Å²) < 4.78 is 5.43. The van der Waals surface area contributed by atoms with Gasteiger partial charge in [-0.25, -0.2) is 0 Å². The Labute approximate surface area is 212 Å². The number of allylic oxidation sites excluding steroid dienone is 2. The Bertz CT molecular complexity index is 933. The quantitative estimate of drug-likeness (QED) is 0.388. The molecule has 0 saturated carbocycles. The van der Waals surface area contributed by atoms with Crippen LogP contribution in [0.5, 0.6) is 0 Å². The van der Waals surface area contributed by atoms with E-state index in [9.17, 15) is 14.7 Å². The molecule has 0 aromatic carbocycles. The van der Waals surface area contributed by atoms with Crippen molar-refractivity contribution in [3.63, 3.8) is 0 Å². The summed E-state index contributed by atoms with van der Waals surface area (Å²) in [6.07, 6.45) is 8.43. The van der Waals surface area contributed by atoms with Crippen LogP contribution >= 0.6 is 11.6 Å². The maximum absolute atomic E-state index is 12.8. The molecule has 1 saturated heterocycles. The van der Waals surface area contributed by atoms with E-state index in [0.717, 1.165) is 38.4 Å². The molecule has 0 aromatic heterocycles. The maximum atomic E-state index is 12.8. The molecule has 0 bridgehead atoms. The van der Waals surface area contributed by atoms with Gasteiger partial charge in [-0.1, -0.05) is 42.5 Å². The average molecular weight is 506 g/mol. The van der Waals surface area contributed by atoms with Crippen molar-refractivity contribution in [2.75, 3.05) is 39.4 Å². The van der Waals surface area contributed by atoms with E-state index in [4.69, 9.17) is 21.2 Å². The number of ketones is 1. The fraction of sp³-hybridized carbons (Fsp3) is 0.577. The number of hydrogen-bond acceptors (Lipinski definition) is 7. The molecule has 9 heteroatoms. The molecule has 2 heterocycles. The summed E-state index contributed by atoms with van der Waals surface area (Å²) in [5.41, 5.74) is 2.51. The number of nitrogens with one attached hydrogen (secondary N) is 1. The number of ether oxygens (including phenoxy) is 1. The number of rotatable bonds is 8. The van der Waals surface area contributed by atoms with Crippen LogP contribution in [0.4, 0.5) is 0 Å². The topological polar surface area (TPSA) is 100 Å². The van der Waals surface area contributed by atoms with Gasteiger partial charge in [0, 0.05) is 50.5 Å². The molecule has 3 rings (SSSR count). The summed E-state index contributed by atoms with van der Waals surface area (Å²) in [6, 6.07) is 0. The van der Waals surface area contributed by atoms with Crippen LogP contribution in [-0.2, 0) is 19.2 Å². The number of aliphatic hydroxyl groups is 1. The molecule has 0 radical (unpaired) electrons. The number of aliphatic hydroxyl groups excluding tert-OH is 1. The number of hydrogen-bond donors (Lipinski definition) is 2. The lowest BCUT2D eigenvalue weighted by Gasteiger charge is -2.27. The summed E-state index contributed by atoms with van der Waals surface area (Å²) in [5, 5.41) is 16.2. The summed E-state index contributed by atoms with van der Waals surface area (Å²) in [4.78, 5) is 33.4. The minimum atomic E-state index is -0.914. The number of alkyl halides is 1. The van der Waals surface area contributed by atoms with E-state index in [0.29, 0.717) is 18.5 Å². The van der Waals surface area contributed by atoms with E-state index in [2.05, 4.69) is 33.6 Å². The number of Topliss-reactive ketones (excluding diaryl/α,β-unsaturated/α-hetero) is 1. The first-order valence-corrected chi connectivity index (χ1v) is 12.7. The van der Waals surface area contributed by atoms with Crippen LogP contribution in [0.1, 0.15) is 33.6 Å². The zero-order valence-corrected chi connectivity index (χ0v) is 21.5. The minimum absolute atomic E-state index is 0.0578. The lowest BCUT2D eigenvalue weighted by atomic mass is 9.89. The largest absolute Gasteiger partial charge is 0.391 e. The predicted molar refractivity (Wildman–Crippen MR) is 136 cm³/mol. The molecular formula is C26H36ClN3O5. The molecule has 4 unspecified atom stereocenters. The molecule has 2 N–H and O–H groups in total. The van der Waals surface area contributed by atoms with Gasteiger partial charge >= 0.3 is 0 Å². The first-order valence-electron chi connectivity index (χ1n) is 12.3. The Morgan fingerprint density at radius 2 is 2.14 bits per heavy atom. The van der Waals surface area contributed by atoms with Crippen molar-refractivity contribution in [1.29, 1.82) is 0 Å². The van der Waals surface area contributed by atoms with Gasteiger partial charge in [-0.15, -0.1) is 11.6 Å². The van der Waals surface area contributed by atoms with E-state index in [1.165, 1.54) is 11.6 Å². The summed E-state index contributed by atoms with van der Waals surface area (Å²) in [5.74, 6) is -0.661. The molecular weight excluding hydrogens is 470 g/mol. The monoisotopic (exact) mass is 505 g/mol. The molecule has 8 nitrogen and oxygen atoms in total. The first kappa shape index (κ1) is 27.3. The smallest absolute Gasteiger partial charge is 0.273 e. The molecule has 1 aliphatic carbocycles. The molecule has 0 spiro atoms. The summed E-state index contributed by atoms with van der Waals surface area (Å²) in [7, 11) is 0. The van der Waals surface area contributed by atoms with Gasteiger partial charge in [0.2, 0.25) is 0 Å². The minimum Gasteiger partial charge on any atom is -0.391 e. The zero-order chi connectivity index (χ0) is 25.4. The van der Waals surface area contributed by atoms with E-state index >= 15 is 0 Å². The van der Waals surface area contributed by atoms with E-state index in [-0.39, 0.29) is 29.7 Å². The Balaban J connectivity index is 1.80. The van der Waals surface area contributed by atoms with Crippen molar-refractivity contribution in [1.82, 2.24) is 10.2 Å². The van der Waals surface area contributed by atoms with Gasteiger partial charge in [-0.05, 0) is 25.0 Å². The Morgan fingerprint density at radius 3 is 2.83 bits per heavy atom. The van der Waals surface area contributed by atoms with Gasteiger partial charge in [0.15, 0.2) is 17.6 Å². The van der Waals surface area contributed by atoms with Crippen molar-refractivity contribution in [2.24, 2.45) is 11.1 Å². The predicted octanol–water partition coefficient (Wildman–Crippen LogP) is 2.53. The van der Waals surface area contributed by atoms with Crippen molar-refractivity contribution >= 4 is 29.0 Å². The van der Waals surface area contributed by atoms with Crippen molar-refractivity contribution < 1.29 is 24.3 Å². The van der Waals surface area contributed by atoms with Crippen molar-refractivity contribution in [2.45, 2.75) is 51.2 Å². The van der Waals surface area contributed by atoms with Gasteiger partial charge in [-0.3, -0.25) is 14.5 Å². The van der Waals surface area contributed by atoms with Crippen LogP contribution in [0.25, 0.3) is 0 Å². The van der Waals surface area contributed by atoms with E-state index < -0.39 is 17.6 Å². The van der Waals surface area contributed by atoms with Crippen LogP contribution in [-0.4, -0.2) is 84.4 Å². The van der Waals surface area contributed by atoms with Gasteiger partial charge in [-0.2, -0.15) is 0 Å². The van der Waals surface area contributed by atoms with Gasteiger partial charge in [0.1, 0.15) is 0 Å². The normalized spacial score (nSPS) is 27.5. The number of carbonyl (C=O) groups excluding carboxylic acids is 2. The Morgan fingerprint density at radius 1 is 1.40 bits per heavy atom. The molecule has 1 fully saturated rings. The summed E-state index contributed by atoms with van der Waals surface area (Å²) >= 11 is 6.17. The molecule has 3 aliphatic rings. The summed E-state index contributed by atoms with van der Waals surface area (Å²) in [6.45, 7) is 10.5. The number of oxime groups is 1. The molecule has 0 aromatic rings. The van der Waals surface area contributed by atoms with Gasteiger partial charge in [0.05, 0.1) is 24.7 Å². The Kier molecular flexibility index (Phi) is 10.3. The maximum Gasteiger partial charge on any atom is 0.273 e. The molecule has 2 aliphatic heterocycles. The number of carbonyl (C=O) groups is 2.